The fourth-order valence-corrected chi connectivity index (χ4v) is 2.19. The molecule has 0 amide bonds. The largest absolute Gasteiger partial charge is 0.383 e. The van der Waals surface area contributed by atoms with Crippen molar-refractivity contribution >= 4 is 5.69 Å². The zero-order chi connectivity index (χ0) is 14.3. The van der Waals surface area contributed by atoms with Crippen molar-refractivity contribution in [1.82, 2.24) is 5.32 Å². The molecule has 1 aromatic carbocycles. The molecule has 3 nitrogen and oxygen atoms in total. The molecule has 1 rings (SSSR count). The Bertz CT molecular complexity index is 382. The maximum absolute atomic E-state index is 14.0. The van der Waals surface area contributed by atoms with Gasteiger partial charge in [0, 0.05) is 44.0 Å². The van der Waals surface area contributed by atoms with E-state index >= 15 is 0 Å². The standard InChI is InChI=1S/C15H25FN2O/c1-5-18(12(2)3)15-8-6-7-14(16)13(15)11-17-9-10-19-4/h6-8,12,17H,5,9-11H2,1-4H3. The van der Waals surface area contributed by atoms with Gasteiger partial charge in [-0.25, -0.2) is 4.39 Å². The summed E-state index contributed by atoms with van der Waals surface area (Å²) in [4.78, 5) is 2.20. The van der Waals surface area contributed by atoms with Gasteiger partial charge in [-0.2, -0.15) is 0 Å². The second kappa shape index (κ2) is 8.12. The quantitative estimate of drug-likeness (QED) is 0.734. The van der Waals surface area contributed by atoms with Crippen molar-refractivity contribution in [1.29, 1.82) is 0 Å². The fraction of sp³-hybridized carbons (Fsp3) is 0.600. The number of nitrogens with zero attached hydrogens (tertiary/aromatic N) is 1. The lowest BCUT2D eigenvalue weighted by Crippen LogP contribution is -2.32. The van der Waals surface area contributed by atoms with Crippen LogP contribution in [0.2, 0.25) is 0 Å². The van der Waals surface area contributed by atoms with Gasteiger partial charge in [-0.15, -0.1) is 0 Å². The molecule has 0 heterocycles. The SMILES string of the molecule is CCN(c1cccc(F)c1CNCCOC)C(C)C. The van der Waals surface area contributed by atoms with Crippen LogP contribution in [0.15, 0.2) is 18.2 Å². The van der Waals surface area contributed by atoms with E-state index in [-0.39, 0.29) is 5.82 Å². The number of benzene rings is 1. The van der Waals surface area contributed by atoms with Crippen LogP contribution in [0.5, 0.6) is 0 Å². The molecule has 0 fully saturated rings. The zero-order valence-electron chi connectivity index (χ0n) is 12.4. The Morgan fingerprint density at radius 3 is 2.68 bits per heavy atom. The van der Waals surface area contributed by atoms with Crippen LogP contribution >= 0.6 is 0 Å². The lowest BCUT2D eigenvalue weighted by molar-refractivity contribution is 0.199. The number of hydrogen-bond acceptors (Lipinski definition) is 3. The maximum Gasteiger partial charge on any atom is 0.129 e. The third kappa shape index (κ3) is 4.48. The van der Waals surface area contributed by atoms with Gasteiger partial charge in [0.1, 0.15) is 5.82 Å². The molecule has 0 aliphatic heterocycles. The second-order valence-electron chi connectivity index (χ2n) is 4.79. The highest BCUT2D eigenvalue weighted by Crippen LogP contribution is 2.24. The predicted molar refractivity (Wildman–Crippen MR) is 78.1 cm³/mol. The molecule has 4 heteroatoms. The van der Waals surface area contributed by atoms with Crippen LogP contribution in [-0.2, 0) is 11.3 Å². The van der Waals surface area contributed by atoms with Crippen LogP contribution in [-0.4, -0.2) is 32.8 Å². The summed E-state index contributed by atoms with van der Waals surface area (Å²) >= 11 is 0. The molecule has 1 aromatic rings. The molecule has 0 aliphatic rings. The monoisotopic (exact) mass is 268 g/mol. The first-order valence-electron chi connectivity index (χ1n) is 6.85. The van der Waals surface area contributed by atoms with Gasteiger partial charge in [0.25, 0.3) is 0 Å². The lowest BCUT2D eigenvalue weighted by atomic mass is 10.1. The van der Waals surface area contributed by atoms with Gasteiger partial charge in [0.15, 0.2) is 0 Å². The Hall–Kier alpha value is -1.13. The van der Waals surface area contributed by atoms with Crippen LogP contribution in [0.4, 0.5) is 10.1 Å². The number of hydrogen-bond donors (Lipinski definition) is 1. The van der Waals surface area contributed by atoms with Gasteiger partial charge < -0.3 is 15.0 Å². The van der Waals surface area contributed by atoms with Crippen LogP contribution in [0.3, 0.4) is 0 Å². The minimum absolute atomic E-state index is 0.151. The summed E-state index contributed by atoms with van der Waals surface area (Å²) < 4.78 is 19.0. The number of methoxy groups -OCH3 is 1. The molecular formula is C15H25FN2O. The smallest absolute Gasteiger partial charge is 0.129 e. The van der Waals surface area contributed by atoms with Gasteiger partial charge in [-0.05, 0) is 32.9 Å². The molecule has 1 N–H and O–H groups in total. The van der Waals surface area contributed by atoms with Crippen LogP contribution < -0.4 is 10.2 Å². The van der Waals surface area contributed by atoms with Crippen LogP contribution in [0.1, 0.15) is 26.3 Å². The van der Waals surface area contributed by atoms with E-state index in [4.69, 9.17) is 4.74 Å². The third-order valence-electron chi connectivity index (χ3n) is 3.15. The van der Waals surface area contributed by atoms with Gasteiger partial charge in [0.05, 0.1) is 6.61 Å². The van der Waals surface area contributed by atoms with Gasteiger partial charge in [-0.1, -0.05) is 6.07 Å². The molecule has 0 aliphatic carbocycles. The molecule has 0 atom stereocenters. The average Bonchev–Trinajstić information content (AvgIpc) is 2.37. The minimum atomic E-state index is -0.151. The summed E-state index contributed by atoms with van der Waals surface area (Å²) in [6.45, 7) is 9.07. The summed E-state index contributed by atoms with van der Waals surface area (Å²) in [5, 5.41) is 3.21. The number of ether oxygens (including phenoxy) is 1. The lowest BCUT2D eigenvalue weighted by Gasteiger charge is -2.30. The molecule has 0 radical (unpaired) electrons. The van der Waals surface area contributed by atoms with Crippen molar-refractivity contribution in [3.05, 3.63) is 29.6 Å². The summed E-state index contributed by atoms with van der Waals surface area (Å²) in [6.07, 6.45) is 0. The predicted octanol–water partition coefficient (Wildman–Crippen LogP) is 2.80. The van der Waals surface area contributed by atoms with Crippen molar-refractivity contribution in [3.8, 4) is 0 Å². The number of halogens is 1. The first-order chi connectivity index (χ1) is 9.11. The van der Waals surface area contributed by atoms with Crippen molar-refractivity contribution in [2.75, 3.05) is 31.7 Å². The summed E-state index contributed by atoms with van der Waals surface area (Å²) in [7, 11) is 1.66. The van der Waals surface area contributed by atoms with Crippen molar-refractivity contribution in [2.45, 2.75) is 33.4 Å². The Balaban J connectivity index is 2.88. The molecule has 0 saturated heterocycles. The molecule has 0 bridgehead atoms. The van der Waals surface area contributed by atoms with E-state index in [0.717, 1.165) is 24.3 Å². The molecule has 0 unspecified atom stereocenters. The van der Waals surface area contributed by atoms with E-state index in [1.165, 1.54) is 6.07 Å². The highest BCUT2D eigenvalue weighted by Gasteiger charge is 2.15. The Morgan fingerprint density at radius 1 is 1.37 bits per heavy atom. The molecule has 0 saturated carbocycles. The second-order valence-corrected chi connectivity index (χ2v) is 4.79. The number of nitrogens with one attached hydrogen (secondary N) is 1. The molecule has 0 spiro atoms. The molecule has 108 valence electrons. The number of anilines is 1. The van der Waals surface area contributed by atoms with E-state index in [2.05, 4.69) is 31.0 Å². The topological polar surface area (TPSA) is 24.5 Å². The van der Waals surface area contributed by atoms with Crippen molar-refractivity contribution in [2.24, 2.45) is 0 Å². The van der Waals surface area contributed by atoms with Crippen LogP contribution in [0.25, 0.3) is 0 Å². The van der Waals surface area contributed by atoms with E-state index < -0.39 is 0 Å². The zero-order valence-corrected chi connectivity index (χ0v) is 12.4. The highest BCUT2D eigenvalue weighted by atomic mass is 19.1. The first kappa shape index (κ1) is 15.9. The number of rotatable bonds is 8. The van der Waals surface area contributed by atoms with Crippen molar-refractivity contribution < 1.29 is 9.13 Å². The maximum atomic E-state index is 14.0. The molecular weight excluding hydrogens is 243 g/mol. The third-order valence-corrected chi connectivity index (χ3v) is 3.15. The normalized spacial score (nSPS) is 11.1. The van der Waals surface area contributed by atoms with Gasteiger partial charge >= 0.3 is 0 Å². The minimum Gasteiger partial charge on any atom is -0.383 e. The summed E-state index contributed by atoms with van der Waals surface area (Å²) in [5.41, 5.74) is 1.71. The Morgan fingerprint density at radius 2 is 2.11 bits per heavy atom. The average molecular weight is 268 g/mol. The summed E-state index contributed by atoms with van der Waals surface area (Å²) in [5.74, 6) is -0.151. The first-order valence-corrected chi connectivity index (χ1v) is 6.85. The van der Waals surface area contributed by atoms with E-state index in [0.29, 0.717) is 19.2 Å². The highest BCUT2D eigenvalue weighted by molar-refractivity contribution is 5.54. The van der Waals surface area contributed by atoms with E-state index in [1.807, 2.05) is 6.07 Å². The molecule has 19 heavy (non-hydrogen) atoms. The van der Waals surface area contributed by atoms with Crippen molar-refractivity contribution in [3.63, 3.8) is 0 Å². The van der Waals surface area contributed by atoms with E-state index in [1.54, 1.807) is 13.2 Å². The van der Waals surface area contributed by atoms with Gasteiger partial charge in [-0.3, -0.25) is 0 Å². The molecule has 0 aromatic heterocycles. The van der Waals surface area contributed by atoms with Gasteiger partial charge in [0.2, 0.25) is 0 Å². The van der Waals surface area contributed by atoms with E-state index in [9.17, 15) is 4.39 Å². The van der Waals surface area contributed by atoms with Crippen LogP contribution in [0, 0.1) is 5.82 Å². The summed E-state index contributed by atoms with van der Waals surface area (Å²) in [6, 6.07) is 5.63. The Labute approximate surface area is 115 Å². The fourth-order valence-electron chi connectivity index (χ4n) is 2.19. The Kier molecular flexibility index (Phi) is 6.81.